The van der Waals surface area contributed by atoms with Gasteiger partial charge in [-0.25, -0.2) is 0 Å². The van der Waals surface area contributed by atoms with E-state index in [0.29, 0.717) is 10.0 Å². The molecule has 3 aromatic carbocycles. The van der Waals surface area contributed by atoms with Crippen molar-refractivity contribution in [2.24, 2.45) is 5.92 Å². The number of amides is 1. The highest BCUT2D eigenvalue weighted by atomic mass is 79.9. The van der Waals surface area contributed by atoms with Crippen LogP contribution in [0.4, 0.5) is 5.69 Å². The number of hydrogen-bond donors (Lipinski definition) is 1. The van der Waals surface area contributed by atoms with Crippen molar-refractivity contribution in [1.82, 2.24) is 0 Å². The van der Waals surface area contributed by atoms with Crippen LogP contribution in [0.5, 0.6) is 0 Å². The summed E-state index contributed by atoms with van der Waals surface area (Å²) in [6, 6.07) is 23.1. The van der Waals surface area contributed by atoms with Gasteiger partial charge in [0.2, 0.25) is 5.91 Å². The van der Waals surface area contributed by atoms with Crippen LogP contribution >= 0.6 is 39.1 Å². The maximum Gasteiger partial charge on any atom is 0.228 e. The summed E-state index contributed by atoms with van der Waals surface area (Å²) in [5.41, 5.74) is 2.61. The number of carbonyl (C=O) groups excluding carboxylic acids is 1. The maximum absolute atomic E-state index is 13.0. The topological polar surface area (TPSA) is 29.1 Å². The second-order valence-corrected chi connectivity index (χ2v) is 8.53. The summed E-state index contributed by atoms with van der Waals surface area (Å²) in [6.07, 6.45) is 0.749. The van der Waals surface area contributed by atoms with E-state index in [4.69, 9.17) is 23.2 Å². The molecular weight excluding hydrogens is 445 g/mol. The Kier molecular flexibility index (Phi) is 5.02. The van der Waals surface area contributed by atoms with Crippen LogP contribution < -0.4 is 5.32 Å². The Hall–Kier alpha value is -1.81. The van der Waals surface area contributed by atoms with Crippen LogP contribution in [-0.4, -0.2) is 5.91 Å². The van der Waals surface area contributed by atoms with Crippen LogP contribution in [0.15, 0.2) is 77.3 Å². The number of rotatable bonds is 4. The molecule has 0 aromatic heterocycles. The molecular formula is C22H16BrCl2NO. The van der Waals surface area contributed by atoms with Gasteiger partial charge in [0.15, 0.2) is 0 Å². The lowest BCUT2D eigenvalue weighted by atomic mass is 9.85. The Balaban J connectivity index is 1.66. The number of carbonyl (C=O) groups is 1. The average molecular weight is 461 g/mol. The zero-order valence-corrected chi connectivity index (χ0v) is 17.4. The summed E-state index contributed by atoms with van der Waals surface area (Å²) in [7, 11) is 0. The molecule has 1 aliphatic carbocycles. The van der Waals surface area contributed by atoms with Crippen LogP contribution in [0.3, 0.4) is 0 Å². The molecule has 1 amide bonds. The molecule has 5 heteroatoms. The van der Waals surface area contributed by atoms with Gasteiger partial charge in [0, 0.05) is 25.6 Å². The van der Waals surface area contributed by atoms with Crippen LogP contribution in [0, 0.1) is 5.92 Å². The highest BCUT2D eigenvalue weighted by Gasteiger charge is 2.60. The summed E-state index contributed by atoms with van der Waals surface area (Å²) >= 11 is 15.5. The van der Waals surface area contributed by atoms with Gasteiger partial charge in [0.25, 0.3) is 0 Å². The fourth-order valence-electron chi connectivity index (χ4n) is 3.64. The van der Waals surface area contributed by atoms with Gasteiger partial charge >= 0.3 is 0 Å². The molecule has 4 rings (SSSR count). The summed E-state index contributed by atoms with van der Waals surface area (Å²) in [4.78, 5) is 13.0. The van der Waals surface area contributed by atoms with Crippen molar-refractivity contribution in [1.29, 1.82) is 0 Å². The Bertz CT molecular complexity index is 923. The van der Waals surface area contributed by atoms with Gasteiger partial charge in [0.05, 0.1) is 5.92 Å². The van der Waals surface area contributed by atoms with Gasteiger partial charge in [-0.15, -0.1) is 0 Å². The van der Waals surface area contributed by atoms with E-state index < -0.39 is 0 Å². The van der Waals surface area contributed by atoms with E-state index in [-0.39, 0.29) is 17.2 Å². The molecule has 27 heavy (non-hydrogen) atoms. The second kappa shape index (κ2) is 7.31. The first-order valence-electron chi connectivity index (χ1n) is 8.57. The van der Waals surface area contributed by atoms with Gasteiger partial charge in [0.1, 0.15) is 0 Å². The number of halogens is 3. The lowest BCUT2D eigenvalue weighted by Crippen LogP contribution is -2.22. The molecule has 0 radical (unpaired) electrons. The summed E-state index contributed by atoms with van der Waals surface area (Å²) in [5, 5.41) is 4.40. The normalized spacial score (nSPS) is 17.4. The molecule has 1 saturated carbocycles. The van der Waals surface area contributed by atoms with E-state index in [1.54, 1.807) is 0 Å². The minimum Gasteiger partial charge on any atom is -0.326 e. The molecule has 3 aromatic rings. The van der Waals surface area contributed by atoms with E-state index >= 15 is 0 Å². The first kappa shape index (κ1) is 18.5. The van der Waals surface area contributed by atoms with Crippen molar-refractivity contribution in [2.45, 2.75) is 11.8 Å². The van der Waals surface area contributed by atoms with E-state index in [1.807, 2.05) is 72.8 Å². The van der Waals surface area contributed by atoms with Crippen molar-refractivity contribution in [3.05, 3.63) is 98.4 Å². The van der Waals surface area contributed by atoms with Crippen molar-refractivity contribution in [3.8, 4) is 0 Å². The molecule has 1 atom stereocenters. The number of benzene rings is 3. The first-order chi connectivity index (χ1) is 13.0. The molecule has 2 nitrogen and oxygen atoms in total. The molecule has 1 N–H and O–H groups in total. The number of anilines is 1. The Morgan fingerprint density at radius 2 is 1.33 bits per heavy atom. The highest BCUT2D eigenvalue weighted by Crippen LogP contribution is 2.59. The lowest BCUT2D eigenvalue weighted by molar-refractivity contribution is -0.117. The highest BCUT2D eigenvalue weighted by molar-refractivity contribution is 9.10. The Morgan fingerprint density at radius 1 is 0.852 bits per heavy atom. The number of nitrogens with one attached hydrogen (secondary N) is 1. The first-order valence-corrected chi connectivity index (χ1v) is 10.1. The Labute approximate surface area is 176 Å². The predicted molar refractivity (Wildman–Crippen MR) is 115 cm³/mol. The van der Waals surface area contributed by atoms with Crippen LogP contribution in [-0.2, 0) is 10.2 Å². The molecule has 136 valence electrons. The zero-order valence-electron chi connectivity index (χ0n) is 14.3. The standard InChI is InChI=1S/C22H16BrCl2NO/c23-16-5-11-19(12-6-16)26-21(27)20-13-22(20,14-1-7-17(24)8-2-14)15-3-9-18(25)10-4-15/h1-12,20H,13H2,(H,26,27). The third-order valence-electron chi connectivity index (χ3n) is 5.11. The summed E-state index contributed by atoms with van der Waals surface area (Å²) in [6.45, 7) is 0. The van der Waals surface area contributed by atoms with Crippen molar-refractivity contribution in [2.75, 3.05) is 5.32 Å². The minimum atomic E-state index is -0.353. The predicted octanol–water partition coefficient (Wildman–Crippen LogP) is 6.70. The van der Waals surface area contributed by atoms with Crippen LogP contribution in [0.25, 0.3) is 0 Å². The lowest BCUT2D eigenvalue weighted by Gasteiger charge is -2.19. The Morgan fingerprint density at radius 3 is 1.81 bits per heavy atom. The molecule has 0 spiro atoms. The van der Waals surface area contributed by atoms with Crippen LogP contribution in [0.1, 0.15) is 17.5 Å². The zero-order chi connectivity index (χ0) is 19.0. The third-order valence-corrected chi connectivity index (χ3v) is 6.14. The molecule has 0 saturated heterocycles. The summed E-state index contributed by atoms with van der Waals surface area (Å²) in [5.74, 6) is -0.134. The molecule has 1 aliphatic rings. The molecule has 0 aliphatic heterocycles. The quantitative estimate of drug-likeness (QED) is 0.461. The molecule has 1 unspecified atom stereocenters. The molecule has 1 fully saturated rings. The van der Waals surface area contributed by atoms with Gasteiger partial charge in [-0.1, -0.05) is 63.4 Å². The van der Waals surface area contributed by atoms with Gasteiger partial charge in [-0.2, -0.15) is 0 Å². The SMILES string of the molecule is O=C(Nc1ccc(Br)cc1)C1CC1(c1ccc(Cl)cc1)c1ccc(Cl)cc1. The minimum absolute atomic E-state index is 0.0159. The third kappa shape index (κ3) is 3.64. The van der Waals surface area contributed by atoms with E-state index in [2.05, 4.69) is 21.2 Å². The van der Waals surface area contributed by atoms with Gasteiger partial charge in [-0.05, 0) is 66.1 Å². The van der Waals surface area contributed by atoms with Gasteiger partial charge < -0.3 is 5.32 Å². The monoisotopic (exact) mass is 459 g/mol. The van der Waals surface area contributed by atoms with E-state index in [0.717, 1.165) is 27.7 Å². The summed E-state index contributed by atoms with van der Waals surface area (Å²) < 4.78 is 0.976. The van der Waals surface area contributed by atoms with Crippen molar-refractivity contribution in [3.63, 3.8) is 0 Å². The van der Waals surface area contributed by atoms with Crippen molar-refractivity contribution < 1.29 is 4.79 Å². The smallest absolute Gasteiger partial charge is 0.228 e. The van der Waals surface area contributed by atoms with E-state index in [1.165, 1.54) is 0 Å². The largest absolute Gasteiger partial charge is 0.326 e. The van der Waals surface area contributed by atoms with Crippen LogP contribution in [0.2, 0.25) is 10.0 Å². The molecule has 0 heterocycles. The van der Waals surface area contributed by atoms with E-state index in [9.17, 15) is 4.79 Å². The second-order valence-electron chi connectivity index (χ2n) is 6.74. The number of hydrogen-bond acceptors (Lipinski definition) is 1. The van der Waals surface area contributed by atoms with Gasteiger partial charge in [-0.3, -0.25) is 4.79 Å². The van der Waals surface area contributed by atoms with Crippen molar-refractivity contribution >= 4 is 50.7 Å². The molecule has 0 bridgehead atoms. The fourth-order valence-corrected chi connectivity index (χ4v) is 4.16. The maximum atomic E-state index is 13.0. The fraction of sp³-hybridized carbons (Fsp3) is 0.136. The average Bonchev–Trinajstić information content (AvgIpc) is 3.42.